The number of hydrogen-bond acceptors (Lipinski definition) is 6. The third kappa shape index (κ3) is 3.59. The van der Waals surface area contributed by atoms with Crippen LogP contribution in [0.3, 0.4) is 0 Å². The Morgan fingerprint density at radius 2 is 1.76 bits per heavy atom. The van der Waals surface area contributed by atoms with E-state index in [1.54, 1.807) is 6.20 Å². The monoisotopic (exact) mass is 388 g/mol. The van der Waals surface area contributed by atoms with E-state index in [1.807, 2.05) is 53.6 Å². The van der Waals surface area contributed by atoms with Crippen molar-refractivity contribution in [1.82, 2.24) is 9.97 Å². The van der Waals surface area contributed by atoms with Crippen LogP contribution in [0.15, 0.2) is 54.9 Å². The topological polar surface area (TPSA) is 76.6 Å². The van der Waals surface area contributed by atoms with Crippen molar-refractivity contribution in [2.45, 2.75) is 12.8 Å². The molecule has 1 amide bonds. The molecule has 2 aromatic heterocycles. The predicted molar refractivity (Wildman–Crippen MR) is 110 cm³/mol. The molecule has 0 bridgehead atoms. The number of pyridine rings is 2. The lowest BCUT2D eigenvalue weighted by molar-refractivity contribution is -0.117. The Morgan fingerprint density at radius 1 is 0.931 bits per heavy atom. The second kappa shape index (κ2) is 7.43. The molecular formula is C22H20N4O3. The van der Waals surface area contributed by atoms with Gasteiger partial charge in [0.05, 0.1) is 11.9 Å². The number of nitrogens with one attached hydrogen (secondary N) is 1. The maximum atomic E-state index is 11.9. The molecule has 2 aliphatic heterocycles. The van der Waals surface area contributed by atoms with E-state index in [4.69, 9.17) is 9.47 Å². The van der Waals surface area contributed by atoms with Crippen molar-refractivity contribution in [1.29, 1.82) is 0 Å². The van der Waals surface area contributed by atoms with E-state index < -0.39 is 0 Å². The number of carbonyl (C=O) groups excluding carboxylic acids is 1. The van der Waals surface area contributed by atoms with Crippen molar-refractivity contribution in [2.24, 2.45) is 0 Å². The Kier molecular flexibility index (Phi) is 4.48. The third-order valence-corrected chi connectivity index (χ3v) is 5.02. The number of anilines is 3. The first-order valence-electron chi connectivity index (χ1n) is 9.66. The van der Waals surface area contributed by atoms with Gasteiger partial charge in [0.1, 0.15) is 19.0 Å². The summed E-state index contributed by atoms with van der Waals surface area (Å²) in [5.41, 5.74) is 3.80. The molecule has 0 atom stereocenters. The molecule has 0 radical (unpaired) electrons. The van der Waals surface area contributed by atoms with E-state index in [-0.39, 0.29) is 5.91 Å². The molecule has 29 heavy (non-hydrogen) atoms. The van der Waals surface area contributed by atoms with Crippen LogP contribution in [-0.2, 0) is 4.79 Å². The van der Waals surface area contributed by atoms with Crippen molar-refractivity contribution < 1.29 is 14.3 Å². The van der Waals surface area contributed by atoms with Crippen molar-refractivity contribution in [2.75, 3.05) is 30.0 Å². The number of aromatic nitrogens is 2. The first-order valence-corrected chi connectivity index (χ1v) is 9.66. The summed E-state index contributed by atoms with van der Waals surface area (Å²) in [6, 6.07) is 13.8. The van der Waals surface area contributed by atoms with Gasteiger partial charge in [-0.05, 0) is 36.2 Å². The second-order valence-corrected chi connectivity index (χ2v) is 6.98. The number of hydrogen-bond donors (Lipinski definition) is 1. The molecule has 5 rings (SSSR count). The Bertz CT molecular complexity index is 1030. The molecule has 1 fully saturated rings. The zero-order valence-electron chi connectivity index (χ0n) is 15.8. The largest absolute Gasteiger partial charge is 0.484 e. The summed E-state index contributed by atoms with van der Waals surface area (Å²) >= 11 is 0. The summed E-state index contributed by atoms with van der Waals surface area (Å²) in [4.78, 5) is 22.5. The molecule has 1 N–H and O–H groups in total. The van der Waals surface area contributed by atoms with Crippen molar-refractivity contribution >= 4 is 23.1 Å². The molecule has 0 aliphatic carbocycles. The summed E-state index contributed by atoms with van der Waals surface area (Å²) < 4.78 is 11.0. The smallest absolute Gasteiger partial charge is 0.257 e. The Balaban J connectivity index is 1.29. The number of rotatable bonds is 4. The van der Waals surface area contributed by atoms with Crippen molar-refractivity contribution in [3.63, 3.8) is 0 Å². The normalized spacial score (nSPS) is 15.4. The highest BCUT2D eigenvalue weighted by molar-refractivity contribution is 5.95. The van der Waals surface area contributed by atoms with Crippen LogP contribution in [0.25, 0.3) is 11.1 Å². The zero-order chi connectivity index (χ0) is 19.6. The van der Waals surface area contributed by atoms with Gasteiger partial charge in [-0.25, -0.2) is 9.97 Å². The van der Waals surface area contributed by atoms with E-state index in [0.29, 0.717) is 37.1 Å². The number of ether oxygens (including phenoxy) is 2. The van der Waals surface area contributed by atoms with Crippen LogP contribution < -0.4 is 19.7 Å². The van der Waals surface area contributed by atoms with Gasteiger partial charge in [-0.3, -0.25) is 4.79 Å². The highest BCUT2D eigenvalue weighted by Crippen LogP contribution is 2.31. The number of amides is 1. The van der Waals surface area contributed by atoms with Gasteiger partial charge in [0.2, 0.25) is 5.91 Å². The summed E-state index contributed by atoms with van der Waals surface area (Å²) in [6.07, 6.45) is 5.09. The molecular weight excluding hydrogens is 368 g/mol. The fourth-order valence-corrected chi connectivity index (χ4v) is 3.54. The average Bonchev–Trinajstić information content (AvgIpc) is 3.20. The molecule has 1 saturated heterocycles. The first-order chi connectivity index (χ1) is 14.3. The van der Waals surface area contributed by atoms with Crippen LogP contribution in [0, 0.1) is 0 Å². The zero-order valence-corrected chi connectivity index (χ0v) is 15.8. The first kappa shape index (κ1) is 17.5. The summed E-state index contributed by atoms with van der Waals surface area (Å²) in [5.74, 6) is 2.06. The van der Waals surface area contributed by atoms with Crippen LogP contribution >= 0.6 is 0 Å². The lowest BCUT2D eigenvalue weighted by atomic mass is 10.1. The Morgan fingerprint density at radius 3 is 2.52 bits per heavy atom. The maximum absolute atomic E-state index is 11.9. The highest BCUT2D eigenvalue weighted by atomic mass is 16.6. The summed E-state index contributed by atoms with van der Waals surface area (Å²) in [7, 11) is 0. The highest BCUT2D eigenvalue weighted by Gasteiger charge is 2.21. The molecule has 0 spiro atoms. The molecule has 7 nitrogen and oxygen atoms in total. The van der Waals surface area contributed by atoms with E-state index in [0.717, 1.165) is 35.5 Å². The SMILES string of the molecule is O=C1CCCN1c1ccc(-c2ccc(Nc3cnc4c(c3)OCCO4)nc2)cc1. The molecule has 4 heterocycles. The van der Waals surface area contributed by atoms with Crippen LogP contribution in [-0.4, -0.2) is 35.6 Å². The van der Waals surface area contributed by atoms with Gasteiger partial charge < -0.3 is 19.7 Å². The maximum Gasteiger partial charge on any atom is 0.257 e. The minimum Gasteiger partial charge on any atom is -0.484 e. The summed E-state index contributed by atoms with van der Waals surface area (Å²) in [6.45, 7) is 1.84. The van der Waals surface area contributed by atoms with Crippen LogP contribution in [0.2, 0.25) is 0 Å². The van der Waals surface area contributed by atoms with E-state index in [9.17, 15) is 4.79 Å². The fourth-order valence-electron chi connectivity index (χ4n) is 3.54. The minimum atomic E-state index is 0.198. The third-order valence-electron chi connectivity index (χ3n) is 5.02. The van der Waals surface area contributed by atoms with Gasteiger partial charge in [0.15, 0.2) is 5.75 Å². The number of benzene rings is 1. The minimum absolute atomic E-state index is 0.198. The molecule has 2 aliphatic rings. The average molecular weight is 388 g/mol. The summed E-state index contributed by atoms with van der Waals surface area (Å²) in [5, 5.41) is 3.23. The Labute approximate surface area is 168 Å². The lowest BCUT2D eigenvalue weighted by Crippen LogP contribution is -2.23. The number of fused-ring (bicyclic) bond motifs is 1. The number of carbonyl (C=O) groups is 1. The Hall–Kier alpha value is -3.61. The quantitative estimate of drug-likeness (QED) is 0.733. The van der Waals surface area contributed by atoms with Gasteiger partial charge >= 0.3 is 0 Å². The van der Waals surface area contributed by atoms with Gasteiger partial charge in [-0.2, -0.15) is 0 Å². The van der Waals surface area contributed by atoms with E-state index in [1.165, 1.54) is 0 Å². The van der Waals surface area contributed by atoms with Crippen LogP contribution in [0.1, 0.15) is 12.8 Å². The lowest BCUT2D eigenvalue weighted by Gasteiger charge is -2.18. The van der Waals surface area contributed by atoms with E-state index in [2.05, 4.69) is 15.3 Å². The van der Waals surface area contributed by atoms with Crippen LogP contribution in [0.4, 0.5) is 17.2 Å². The van der Waals surface area contributed by atoms with Gasteiger partial charge in [0, 0.05) is 36.5 Å². The van der Waals surface area contributed by atoms with Crippen molar-refractivity contribution in [3.05, 3.63) is 54.9 Å². The van der Waals surface area contributed by atoms with Gasteiger partial charge in [-0.1, -0.05) is 12.1 Å². The molecule has 3 aromatic rings. The second-order valence-electron chi connectivity index (χ2n) is 6.98. The van der Waals surface area contributed by atoms with Gasteiger partial charge in [0.25, 0.3) is 5.88 Å². The molecule has 0 unspecified atom stereocenters. The van der Waals surface area contributed by atoms with Crippen LogP contribution in [0.5, 0.6) is 11.6 Å². The molecule has 7 heteroatoms. The number of nitrogens with zero attached hydrogens (tertiary/aromatic N) is 3. The fraction of sp³-hybridized carbons (Fsp3) is 0.227. The molecule has 0 saturated carbocycles. The standard InChI is InChI=1S/C22H20N4O3/c27-21-2-1-9-26(21)18-6-3-15(4-7-18)16-5-8-20(23-13-16)25-17-12-19-22(24-14-17)29-11-10-28-19/h3-8,12-14H,1-2,9-11H2,(H,23,25). The molecule has 146 valence electrons. The van der Waals surface area contributed by atoms with Gasteiger partial charge in [-0.15, -0.1) is 0 Å². The molecule has 1 aromatic carbocycles. The predicted octanol–water partition coefficient (Wildman–Crippen LogP) is 3.79. The van der Waals surface area contributed by atoms with E-state index >= 15 is 0 Å². The van der Waals surface area contributed by atoms with Crippen molar-refractivity contribution in [3.8, 4) is 22.8 Å².